The molecule has 0 atom stereocenters. The Morgan fingerprint density at radius 1 is 0.906 bits per heavy atom. The van der Waals surface area contributed by atoms with Gasteiger partial charge in [-0.25, -0.2) is 4.98 Å². The van der Waals surface area contributed by atoms with Gasteiger partial charge in [-0.1, -0.05) is 65.2 Å². The van der Waals surface area contributed by atoms with E-state index in [2.05, 4.69) is 0 Å². The van der Waals surface area contributed by atoms with Gasteiger partial charge in [0.2, 0.25) is 0 Å². The highest BCUT2D eigenvalue weighted by Gasteiger charge is 2.16. The molecule has 0 saturated carbocycles. The second kappa shape index (κ2) is 10.3. The molecular weight excluding hydrogens is 471 g/mol. The molecule has 6 nitrogen and oxygen atoms in total. The normalized spacial score (nSPS) is 10.1. The lowest BCUT2D eigenvalue weighted by Crippen LogP contribution is -1.92. The largest absolute Gasteiger partial charge is 0.373 e. The number of nitro benzene ring substituents is 1. The minimum atomic E-state index is -0.354. The van der Waals surface area contributed by atoms with Crippen LogP contribution >= 0.6 is 34.5 Å². The van der Waals surface area contributed by atoms with Gasteiger partial charge in [-0.15, -0.1) is 11.3 Å². The molecule has 32 heavy (non-hydrogen) atoms. The van der Waals surface area contributed by atoms with Gasteiger partial charge in [0.05, 0.1) is 26.2 Å². The third kappa shape index (κ3) is 5.28. The van der Waals surface area contributed by atoms with E-state index in [1.54, 1.807) is 24.3 Å². The lowest BCUT2D eigenvalue weighted by atomic mass is 10.0. The van der Waals surface area contributed by atoms with Crippen molar-refractivity contribution in [3.05, 3.63) is 91.8 Å². The van der Waals surface area contributed by atoms with Crippen LogP contribution in [0.4, 0.5) is 5.69 Å². The van der Waals surface area contributed by atoms with Gasteiger partial charge >= 0.3 is 6.15 Å². The number of carbonyl (C=O) groups excluding carboxylic acids is 2. The average Bonchev–Trinajstić information content (AvgIpc) is 3.26. The number of rotatable bonds is 4. The van der Waals surface area contributed by atoms with Crippen molar-refractivity contribution in [1.29, 1.82) is 0 Å². The summed E-state index contributed by atoms with van der Waals surface area (Å²) >= 11 is 13.6. The van der Waals surface area contributed by atoms with E-state index >= 15 is 0 Å². The van der Waals surface area contributed by atoms with Gasteiger partial charge in [0, 0.05) is 22.6 Å². The molecule has 0 amide bonds. The Morgan fingerprint density at radius 3 is 2.16 bits per heavy atom. The van der Waals surface area contributed by atoms with Crippen LogP contribution < -0.4 is 0 Å². The second-order valence-electron chi connectivity index (χ2n) is 6.61. The van der Waals surface area contributed by atoms with E-state index in [4.69, 9.17) is 37.8 Å². The SMILES string of the molecule is Cc1ccc([N+](=O)[O-])c(-c2ccc(-c3nc(-c4ccc(Cl)c(Cl)c4)cs3)cc2)c1.O=C=O. The molecule has 1 aromatic heterocycles. The summed E-state index contributed by atoms with van der Waals surface area (Å²) < 4.78 is 0. The van der Waals surface area contributed by atoms with Crippen molar-refractivity contribution in [2.45, 2.75) is 6.92 Å². The van der Waals surface area contributed by atoms with E-state index in [-0.39, 0.29) is 16.8 Å². The highest BCUT2D eigenvalue weighted by molar-refractivity contribution is 7.13. The molecule has 9 heteroatoms. The summed E-state index contributed by atoms with van der Waals surface area (Å²) in [5.41, 5.74) is 5.14. The lowest BCUT2D eigenvalue weighted by molar-refractivity contribution is -0.384. The van der Waals surface area contributed by atoms with Crippen molar-refractivity contribution >= 4 is 46.4 Å². The first-order chi connectivity index (χ1) is 15.3. The number of thiazole rings is 1. The molecule has 0 unspecified atom stereocenters. The fourth-order valence-electron chi connectivity index (χ4n) is 3.03. The number of benzene rings is 3. The first-order valence-electron chi connectivity index (χ1n) is 9.10. The minimum absolute atomic E-state index is 0.0968. The number of halogens is 2. The Labute approximate surface area is 197 Å². The molecule has 0 aliphatic heterocycles. The van der Waals surface area contributed by atoms with E-state index in [1.807, 2.05) is 48.7 Å². The number of nitrogens with zero attached hydrogens (tertiary/aromatic N) is 2. The molecule has 0 spiro atoms. The van der Waals surface area contributed by atoms with Gasteiger partial charge < -0.3 is 0 Å². The standard InChI is InChI=1S/C22H14Cl2N2O2S.CO2/c1-13-2-9-21(26(27)28)17(10-13)14-3-5-15(6-4-14)22-25-20(12-29-22)16-7-8-18(23)19(24)11-16;2-1-3/h2-12H,1H3;. The van der Waals surface area contributed by atoms with Crippen molar-refractivity contribution in [3.8, 4) is 33.0 Å². The zero-order valence-corrected chi connectivity index (χ0v) is 18.9. The fraction of sp³-hybridized carbons (Fsp3) is 0.0435. The fourth-order valence-corrected chi connectivity index (χ4v) is 4.16. The Hall–Kier alpha value is -3.35. The number of hydrogen-bond acceptors (Lipinski definition) is 6. The van der Waals surface area contributed by atoms with Gasteiger partial charge in [-0.05, 0) is 30.7 Å². The van der Waals surface area contributed by atoms with Gasteiger partial charge in [0.25, 0.3) is 5.69 Å². The van der Waals surface area contributed by atoms with Gasteiger partial charge in [0.15, 0.2) is 0 Å². The molecule has 1 heterocycles. The summed E-state index contributed by atoms with van der Waals surface area (Å²) in [6, 6.07) is 18.2. The van der Waals surface area contributed by atoms with Crippen molar-refractivity contribution in [1.82, 2.24) is 4.98 Å². The van der Waals surface area contributed by atoms with Crippen LogP contribution in [-0.2, 0) is 9.59 Å². The number of nitro groups is 1. The Morgan fingerprint density at radius 2 is 1.53 bits per heavy atom. The third-order valence-electron chi connectivity index (χ3n) is 4.51. The van der Waals surface area contributed by atoms with Crippen LogP contribution in [0, 0.1) is 17.0 Å². The highest BCUT2D eigenvalue weighted by Crippen LogP contribution is 2.35. The van der Waals surface area contributed by atoms with E-state index < -0.39 is 0 Å². The van der Waals surface area contributed by atoms with E-state index in [0.29, 0.717) is 15.6 Å². The van der Waals surface area contributed by atoms with Gasteiger partial charge in [-0.3, -0.25) is 10.1 Å². The smallest absolute Gasteiger partial charge is 0.258 e. The third-order valence-corrected chi connectivity index (χ3v) is 6.14. The quantitative estimate of drug-likeness (QED) is 0.228. The molecule has 0 N–H and O–H groups in total. The van der Waals surface area contributed by atoms with Crippen LogP contribution in [-0.4, -0.2) is 16.1 Å². The van der Waals surface area contributed by atoms with Gasteiger partial charge in [-0.2, -0.15) is 9.59 Å². The van der Waals surface area contributed by atoms with Crippen LogP contribution in [0.3, 0.4) is 0 Å². The summed E-state index contributed by atoms with van der Waals surface area (Å²) in [4.78, 5) is 31.9. The maximum Gasteiger partial charge on any atom is 0.373 e. The minimum Gasteiger partial charge on any atom is -0.258 e. The molecule has 0 bridgehead atoms. The molecule has 0 saturated heterocycles. The summed E-state index contributed by atoms with van der Waals surface area (Å²) in [7, 11) is 0. The highest BCUT2D eigenvalue weighted by atomic mass is 35.5. The molecular formula is C23H14Cl2N2O4S. The predicted molar refractivity (Wildman–Crippen MR) is 125 cm³/mol. The Balaban J connectivity index is 0.000000913. The first kappa shape index (κ1) is 23.3. The van der Waals surface area contributed by atoms with Crippen molar-refractivity contribution in [2.75, 3.05) is 0 Å². The van der Waals surface area contributed by atoms with E-state index in [9.17, 15) is 10.1 Å². The topological polar surface area (TPSA) is 90.2 Å². The Bertz CT molecular complexity index is 1310. The zero-order chi connectivity index (χ0) is 23.3. The second-order valence-corrected chi connectivity index (χ2v) is 8.28. The zero-order valence-electron chi connectivity index (χ0n) is 16.5. The maximum absolute atomic E-state index is 11.4. The molecule has 0 aliphatic rings. The summed E-state index contributed by atoms with van der Waals surface area (Å²) in [5, 5.41) is 15.2. The summed E-state index contributed by atoms with van der Waals surface area (Å²) in [6.07, 6.45) is 0.250. The molecule has 4 rings (SSSR count). The summed E-state index contributed by atoms with van der Waals surface area (Å²) in [6.45, 7) is 1.92. The van der Waals surface area contributed by atoms with E-state index in [0.717, 1.165) is 33.0 Å². The number of aryl methyl sites for hydroxylation is 1. The first-order valence-corrected chi connectivity index (χ1v) is 10.7. The Kier molecular flexibility index (Phi) is 7.51. The molecule has 0 aliphatic carbocycles. The van der Waals surface area contributed by atoms with Gasteiger partial charge in [0.1, 0.15) is 5.01 Å². The van der Waals surface area contributed by atoms with Crippen molar-refractivity contribution in [2.24, 2.45) is 0 Å². The summed E-state index contributed by atoms with van der Waals surface area (Å²) in [5.74, 6) is 0. The monoisotopic (exact) mass is 484 g/mol. The predicted octanol–water partition coefficient (Wildman–Crippen LogP) is 7.08. The average molecular weight is 485 g/mol. The molecule has 0 radical (unpaired) electrons. The molecule has 160 valence electrons. The molecule has 3 aromatic carbocycles. The van der Waals surface area contributed by atoms with Crippen LogP contribution in [0.5, 0.6) is 0 Å². The van der Waals surface area contributed by atoms with Crippen molar-refractivity contribution in [3.63, 3.8) is 0 Å². The molecule has 4 aromatic rings. The van der Waals surface area contributed by atoms with Crippen LogP contribution in [0.1, 0.15) is 5.56 Å². The number of hydrogen-bond donors (Lipinski definition) is 0. The lowest BCUT2D eigenvalue weighted by Gasteiger charge is -2.06. The van der Waals surface area contributed by atoms with Crippen LogP contribution in [0.15, 0.2) is 66.0 Å². The van der Waals surface area contributed by atoms with E-state index in [1.165, 1.54) is 11.3 Å². The number of aromatic nitrogens is 1. The molecule has 0 fully saturated rings. The van der Waals surface area contributed by atoms with Crippen molar-refractivity contribution < 1.29 is 14.5 Å². The van der Waals surface area contributed by atoms with Crippen LogP contribution in [0.2, 0.25) is 10.0 Å². The van der Waals surface area contributed by atoms with Crippen LogP contribution in [0.25, 0.3) is 33.0 Å². The maximum atomic E-state index is 11.4.